The number of rotatable bonds is 9. The minimum absolute atomic E-state index is 0. The van der Waals surface area contributed by atoms with Crippen LogP contribution in [-0.2, 0) is 9.47 Å². The van der Waals surface area contributed by atoms with Gasteiger partial charge in [0.2, 0.25) is 0 Å². The van der Waals surface area contributed by atoms with Gasteiger partial charge in [0.1, 0.15) is 18.3 Å². The molecule has 0 aromatic heterocycles. The van der Waals surface area contributed by atoms with Crippen LogP contribution in [-0.4, -0.2) is 71.8 Å². The van der Waals surface area contributed by atoms with Crippen molar-refractivity contribution in [1.82, 2.24) is 0 Å². The first-order valence-corrected chi connectivity index (χ1v) is 4.94. The summed E-state index contributed by atoms with van der Waals surface area (Å²) in [7, 11) is 0. The Hall–Kier alpha value is -0.240. The van der Waals surface area contributed by atoms with Crippen LogP contribution in [0.3, 0.4) is 0 Å². The molecule has 0 aromatic rings. The summed E-state index contributed by atoms with van der Waals surface area (Å²) in [4.78, 5) is 0. The summed E-state index contributed by atoms with van der Waals surface area (Å²) in [6, 6.07) is 0. The molecule has 4 N–H and O–H groups in total. The van der Waals surface area contributed by atoms with Crippen LogP contribution in [0.4, 0.5) is 0 Å². The minimum Gasteiger partial charge on any atom is -0.394 e. The molecule has 0 aromatic carbocycles. The standard InChI is InChI=1S/C9H20O6.2CH4/c1-2-14-3-4-15-6-8(12)9(13)7(11)5-10;;/h7-13H,2-6H2,1H3;2*1H4. The van der Waals surface area contributed by atoms with Gasteiger partial charge in [0.25, 0.3) is 0 Å². The zero-order valence-electron chi connectivity index (χ0n) is 8.87. The van der Waals surface area contributed by atoms with Crippen molar-refractivity contribution in [2.24, 2.45) is 0 Å². The predicted octanol–water partition coefficient (Wildman–Crippen LogP) is -0.613. The second kappa shape index (κ2) is 13.8. The van der Waals surface area contributed by atoms with Crippen LogP contribution in [0.5, 0.6) is 0 Å². The molecule has 6 heteroatoms. The third kappa shape index (κ3) is 10.6. The molecule has 0 bridgehead atoms. The Morgan fingerprint density at radius 3 is 1.94 bits per heavy atom. The van der Waals surface area contributed by atoms with Crippen molar-refractivity contribution in [3.63, 3.8) is 0 Å². The minimum atomic E-state index is -1.40. The first kappa shape index (κ1) is 22.0. The lowest BCUT2D eigenvalue weighted by atomic mass is 10.1. The Balaban J connectivity index is -0.000000980. The predicted molar refractivity (Wildman–Crippen MR) is 65.9 cm³/mol. The zero-order valence-corrected chi connectivity index (χ0v) is 8.87. The lowest BCUT2D eigenvalue weighted by Gasteiger charge is -2.21. The van der Waals surface area contributed by atoms with E-state index in [1.165, 1.54) is 0 Å². The molecule has 17 heavy (non-hydrogen) atoms. The molecule has 0 aliphatic carbocycles. The van der Waals surface area contributed by atoms with E-state index in [-0.39, 0.29) is 21.5 Å². The van der Waals surface area contributed by atoms with Gasteiger partial charge >= 0.3 is 0 Å². The summed E-state index contributed by atoms with van der Waals surface area (Å²) in [5.41, 5.74) is 0. The van der Waals surface area contributed by atoms with Gasteiger partial charge in [-0.1, -0.05) is 14.9 Å². The molecule has 0 radical (unpaired) electrons. The Morgan fingerprint density at radius 2 is 1.47 bits per heavy atom. The molecule has 0 spiro atoms. The fourth-order valence-corrected chi connectivity index (χ4v) is 0.929. The van der Waals surface area contributed by atoms with Crippen molar-refractivity contribution in [1.29, 1.82) is 0 Å². The van der Waals surface area contributed by atoms with E-state index < -0.39 is 24.9 Å². The van der Waals surface area contributed by atoms with Crippen LogP contribution in [0.1, 0.15) is 21.8 Å². The van der Waals surface area contributed by atoms with Crippen molar-refractivity contribution >= 4 is 0 Å². The second-order valence-corrected chi connectivity index (χ2v) is 3.08. The highest BCUT2D eigenvalue weighted by molar-refractivity contribution is 4.74. The molecule has 0 fully saturated rings. The van der Waals surface area contributed by atoms with Gasteiger partial charge in [0.15, 0.2) is 0 Å². The van der Waals surface area contributed by atoms with E-state index in [1.54, 1.807) is 0 Å². The molecule has 0 saturated carbocycles. The number of ether oxygens (including phenoxy) is 2. The highest BCUT2D eigenvalue weighted by atomic mass is 16.5. The van der Waals surface area contributed by atoms with Crippen LogP contribution < -0.4 is 0 Å². The number of aliphatic hydroxyl groups is 4. The van der Waals surface area contributed by atoms with E-state index in [1.807, 2.05) is 6.92 Å². The molecule has 108 valence electrons. The first-order valence-electron chi connectivity index (χ1n) is 4.94. The van der Waals surface area contributed by atoms with Gasteiger partial charge in [-0.2, -0.15) is 0 Å². The topological polar surface area (TPSA) is 99.4 Å². The summed E-state index contributed by atoms with van der Waals surface area (Å²) < 4.78 is 9.97. The molecule has 0 aliphatic heterocycles. The molecular weight excluding hydrogens is 228 g/mol. The van der Waals surface area contributed by atoms with Gasteiger partial charge < -0.3 is 29.9 Å². The number of hydrogen-bond donors (Lipinski definition) is 4. The van der Waals surface area contributed by atoms with E-state index >= 15 is 0 Å². The average Bonchev–Trinajstić information content (AvgIpc) is 2.26. The lowest BCUT2D eigenvalue weighted by molar-refractivity contribution is -0.102. The van der Waals surface area contributed by atoms with Crippen LogP contribution in [0.15, 0.2) is 0 Å². The summed E-state index contributed by atoms with van der Waals surface area (Å²) in [5.74, 6) is 0. The monoisotopic (exact) mass is 256 g/mol. The first-order chi connectivity index (χ1) is 7.13. The molecule has 0 aliphatic rings. The van der Waals surface area contributed by atoms with E-state index in [9.17, 15) is 10.2 Å². The Morgan fingerprint density at radius 1 is 0.941 bits per heavy atom. The van der Waals surface area contributed by atoms with Gasteiger partial charge in [-0.25, -0.2) is 0 Å². The number of aliphatic hydroxyl groups excluding tert-OH is 4. The fraction of sp³-hybridized carbons (Fsp3) is 1.00. The second-order valence-electron chi connectivity index (χ2n) is 3.08. The highest BCUT2D eigenvalue weighted by Crippen LogP contribution is 2.00. The highest BCUT2D eigenvalue weighted by Gasteiger charge is 2.23. The summed E-state index contributed by atoms with van der Waals surface area (Å²) >= 11 is 0. The van der Waals surface area contributed by atoms with Gasteiger partial charge in [-0.15, -0.1) is 0 Å². The number of hydrogen-bond acceptors (Lipinski definition) is 6. The average molecular weight is 256 g/mol. The normalized spacial score (nSPS) is 15.4. The summed E-state index contributed by atoms with van der Waals surface area (Å²) in [5, 5.41) is 36.0. The SMILES string of the molecule is C.C.CCOCCOCC(O)C(O)C(O)CO. The molecule has 0 heterocycles. The van der Waals surface area contributed by atoms with E-state index in [0.717, 1.165) is 0 Å². The quantitative estimate of drug-likeness (QED) is 0.411. The third-order valence-corrected chi connectivity index (χ3v) is 1.84. The van der Waals surface area contributed by atoms with Crippen LogP contribution in [0.25, 0.3) is 0 Å². The van der Waals surface area contributed by atoms with E-state index in [2.05, 4.69) is 0 Å². The van der Waals surface area contributed by atoms with Crippen molar-refractivity contribution in [2.45, 2.75) is 40.1 Å². The van der Waals surface area contributed by atoms with Crippen LogP contribution >= 0.6 is 0 Å². The molecule has 6 nitrogen and oxygen atoms in total. The van der Waals surface area contributed by atoms with Crippen LogP contribution in [0, 0.1) is 0 Å². The Labute approximate surface area is 104 Å². The maximum absolute atomic E-state index is 9.29. The molecule has 0 rings (SSSR count). The van der Waals surface area contributed by atoms with Crippen LogP contribution in [0.2, 0.25) is 0 Å². The van der Waals surface area contributed by atoms with Crippen molar-refractivity contribution in [3.05, 3.63) is 0 Å². The molecule has 3 atom stereocenters. The molecule has 3 unspecified atom stereocenters. The van der Waals surface area contributed by atoms with Gasteiger partial charge in [0, 0.05) is 6.61 Å². The lowest BCUT2D eigenvalue weighted by Crippen LogP contribution is -2.42. The third-order valence-electron chi connectivity index (χ3n) is 1.84. The van der Waals surface area contributed by atoms with Gasteiger partial charge in [-0.3, -0.25) is 0 Å². The van der Waals surface area contributed by atoms with Crippen molar-refractivity contribution in [3.8, 4) is 0 Å². The fourth-order valence-electron chi connectivity index (χ4n) is 0.929. The summed E-state index contributed by atoms with van der Waals surface area (Å²) in [6.45, 7) is 2.48. The summed E-state index contributed by atoms with van der Waals surface area (Å²) in [6.07, 6.45) is -3.97. The van der Waals surface area contributed by atoms with Gasteiger partial charge in [-0.05, 0) is 6.92 Å². The zero-order chi connectivity index (χ0) is 11.7. The Kier molecular flexibility index (Phi) is 17.9. The smallest absolute Gasteiger partial charge is 0.110 e. The van der Waals surface area contributed by atoms with E-state index in [4.69, 9.17) is 19.7 Å². The van der Waals surface area contributed by atoms with Crippen molar-refractivity contribution < 1.29 is 29.9 Å². The van der Waals surface area contributed by atoms with E-state index in [0.29, 0.717) is 19.8 Å². The molecule has 0 saturated heterocycles. The Bertz CT molecular complexity index is 144. The maximum Gasteiger partial charge on any atom is 0.110 e. The van der Waals surface area contributed by atoms with Crippen molar-refractivity contribution in [2.75, 3.05) is 33.0 Å². The van der Waals surface area contributed by atoms with Gasteiger partial charge in [0.05, 0.1) is 26.4 Å². The molecule has 0 amide bonds. The maximum atomic E-state index is 9.29. The molecular formula is C11H28O6. The largest absolute Gasteiger partial charge is 0.394 e.